The lowest BCUT2D eigenvalue weighted by atomic mass is 10.0. The number of rotatable bonds is 2. The molecule has 0 radical (unpaired) electrons. The normalized spacial score (nSPS) is 17.6. The summed E-state index contributed by atoms with van der Waals surface area (Å²) in [7, 11) is 0. The molecule has 1 heterocycles. The van der Waals surface area contributed by atoms with Gasteiger partial charge in [-0.3, -0.25) is 4.79 Å². The van der Waals surface area contributed by atoms with Crippen LogP contribution in [0.5, 0.6) is 0 Å². The fraction of sp³-hybridized carbons (Fsp3) is 0.231. The van der Waals surface area contributed by atoms with Crippen LogP contribution in [0.25, 0.3) is 0 Å². The third kappa shape index (κ3) is 2.78. The third-order valence-corrected chi connectivity index (χ3v) is 3.11. The van der Waals surface area contributed by atoms with Gasteiger partial charge in [-0.05, 0) is 24.3 Å². The monoisotopic (exact) mass is 306 g/mol. The number of hydrogen-bond donors (Lipinski definition) is 1. The predicted molar refractivity (Wildman–Crippen MR) is 69.9 cm³/mol. The molecule has 0 aromatic heterocycles. The van der Waals surface area contributed by atoms with Gasteiger partial charge in [0.2, 0.25) is 5.78 Å². The SMILES string of the molecule is N#C/C(C(=O)c1ccc(Br)cc1)=C1/COCCN1. The summed E-state index contributed by atoms with van der Waals surface area (Å²) >= 11 is 3.30. The molecule has 1 aromatic rings. The van der Waals surface area contributed by atoms with Crippen LogP contribution in [0.15, 0.2) is 40.0 Å². The van der Waals surface area contributed by atoms with Gasteiger partial charge in [-0.15, -0.1) is 0 Å². The second-order valence-electron chi connectivity index (χ2n) is 3.78. The summed E-state index contributed by atoms with van der Waals surface area (Å²) in [6.45, 7) is 1.49. The summed E-state index contributed by atoms with van der Waals surface area (Å²) in [6.07, 6.45) is 0. The van der Waals surface area contributed by atoms with Crippen molar-refractivity contribution >= 4 is 21.7 Å². The van der Waals surface area contributed by atoms with E-state index in [2.05, 4.69) is 21.2 Å². The molecular formula is C13H11BrN2O2. The van der Waals surface area contributed by atoms with Crippen molar-refractivity contribution in [2.24, 2.45) is 0 Å². The molecule has 0 unspecified atom stereocenters. The third-order valence-electron chi connectivity index (χ3n) is 2.58. The Morgan fingerprint density at radius 2 is 2.11 bits per heavy atom. The Morgan fingerprint density at radius 1 is 1.39 bits per heavy atom. The summed E-state index contributed by atoms with van der Waals surface area (Å²) in [5, 5.41) is 12.2. The number of allylic oxidation sites excluding steroid dienone is 1. The van der Waals surface area contributed by atoms with Gasteiger partial charge in [0.05, 0.1) is 18.9 Å². The smallest absolute Gasteiger partial charge is 0.205 e. The van der Waals surface area contributed by atoms with Gasteiger partial charge in [0, 0.05) is 16.6 Å². The molecule has 92 valence electrons. The molecule has 0 spiro atoms. The topological polar surface area (TPSA) is 62.1 Å². The van der Waals surface area contributed by atoms with Crippen LogP contribution < -0.4 is 5.32 Å². The highest BCUT2D eigenvalue weighted by molar-refractivity contribution is 9.10. The number of nitrogens with one attached hydrogen (secondary N) is 1. The first kappa shape index (κ1) is 12.8. The summed E-state index contributed by atoms with van der Waals surface area (Å²) in [5.41, 5.74) is 1.18. The molecule has 1 saturated heterocycles. The first-order valence-electron chi connectivity index (χ1n) is 5.47. The average molecular weight is 307 g/mol. The van der Waals surface area contributed by atoms with Gasteiger partial charge in [0.25, 0.3) is 0 Å². The fourth-order valence-electron chi connectivity index (χ4n) is 1.66. The van der Waals surface area contributed by atoms with Crippen LogP contribution in [0.4, 0.5) is 0 Å². The molecule has 1 fully saturated rings. The number of ether oxygens (including phenoxy) is 1. The van der Waals surface area contributed by atoms with Crippen molar-refractivity contribution in [2.45, 2.75) is 0 Å². The van der Waals surface area contributed by atoms with Gasteiger partial charge in [-0.25, -0.2) is 0 Å². The van der Waals surface area contributed by atoms with Crippen molar-refractivity contribution in [3.63, 3.8) is 0 Å². The lowest BCUT2D eigenvalue weighted by Crippen LogP contribution is -2.31. The van der Waals surface area contributed by atoms with Gasteiger partial charge in [0.15, 0.2) is 0 Å². The van der Waals surface area contributed by atoms with Crippen LogP contribution in [0, 0.1) is 11.3 Å². The largest absolute Gasteiger partial charge is 0.383 e. The molecule has 0 aliphatic carbocycles. The maximum atomic E-state index is 12.2. The number of nitrogens with zero attached hydrogens (tertiary/aromatic N) is 1. The average Bonchev–Trinajstić information content (AvgIpc) is 2.41. The van der Waals surface area contributed by atoms with Gasteiger partial charge >= 0.3 is 0 Å². The van der Waals surface area contributed by atoms with E-state index >= 15 is 0 Å². The number of halogens is 1. The quantitative estimate of drug-likeness (QED) is 0.516. The fourth-order valence-corrected chi connectivity index (χ4v) is 1.93. The molecular weight excluding hydrogens is 296 g/mol. The summed E-state index contributed by atoms with van der Waals surface area (Å²) in [5.74, 6) is -0.280. The Balaban J connectivity index is 2.31. The van der Waals surface area contributed by atoms with E-state index in [1.807, 2.05) is 6.07 Å². The van der Waals surface area contributed by atoms with Crippen molar-refractivity contribution in [2.75, 3.05) is 19.8 Å². The summed E-state index contributed by atoms with van der Waals surface area (Å²) < 4.78 is 6.13. The van der Waals surface area contributed by atoms with Crippen LogP contribution in [0.1, 0.15) is 10.4 Å². The Labute approximate surface area is 113 Å². The van der Waals surface area contributed by atoms with Crippen molar-refractivity contribution < 1.29 is 9.53 Å². The molecule has 1 aliphatic rings. The van der Waals surface area contributed by atoms with Crippen molar-refractivity contribution in [3.05, 3.63) is 45.6 Å². The van der Waals surface area contributed by atoms with E-state index in [0.717, 1.165) is 4.47 Å². The number of nitriles is 1. The van der Waals surface area contributed by atoms with E-state index in [9.17, 15) is 4.79 Å². The minimum atomic E-state index is -0.280. The van der Waals surface area contributed by atoms with Crippen LogP contribution in [-0.4, -0.2) is 25.5 Å². The van der Waals surface area contributed by atoms with Crippen LogP contribution in [0.3, 0.4) is 0 Å². The highest BCUT2D eigenvalue weighted by Crippen LogP contribution is 2.16. The van der Waals surface area contributed by atoms with Gasteiger partial charge in [-0.2, -0.15) is 5.26 Å². The summed E-state index contributed by atoms with van der Waals surface area (Å²) in [6, 6.07) is 8.89. The van der Waals surface area contributed by atoms with Crippen molar-refractivity contribution in [1.82, 2.24) is 5.32 Å². The lowest BCUT2D eigenvalue weighted by Gasteiger charge is -2.18. The van der Waals surface area contributed by atoms with Crippen molar-refractivity contribution in [1.29, 1.82) is 5.26 Å². The maximum Gasteiger partial charge on any atom is 0.205 e. The number of morpholine rings is 1. The Hall–Kier alpha value is -1.64. The zero-order valence-electron chi connectivity index (χ0n) is 9.57. The van der Waals surface area contributed by atoms with Gasteiger partial charge < -0.3 is 10.1 Å². The predicted octanol–water partition coefficient (Wildman–Crippen LogP) is 2.03. The molecule has 18 heavy (non-hydrogen) atoms. The standard InChI is InChI=1S/C13H11BrN2O2/c14-10-3-1-9(2-4-10)13(17)11(7-15)12-8-18-6-5-16-12/h1-4,16H,5-6,8H2/b12-11+. The minimum Gasteiger partial charge on any atom is -0.383 e. The molecule has 1 N–H and O–H groups in total. The number of carbonyl (C=O) groups is 1. The van der Waals surface area contributed by atoms with Crippen LogP contribution >= 0.6 is 15.9 Å². The molecule has 4 nitrogen and oxygen atoms in total. The second-order valence-corrected chi connectivity index (χ2v) is 4.70. The molecule has 0 amide bonds. The van der Waals surface area contributed by atoms with Crippen LogP contribution in [0.2, 0.25) is 0 Å². The Bertz CT molecular complexity index is 521. The van der Waals surface area contributed by atoms with E-state index in [0.29, 0.717) is 24.4 Å². The Kier molecular flexibility index (Phi) is 4.13. The summed E-state index contributed by atoms with van der Waals surface area (Å²) in [4.78, 5) is 12.2. The van der Waals surface area contributed by atoms with Crippen molar-refractivity contribution in [3.8, 4) is 6.07 Å². The highest BCUT2D eigenvalue weighted by atomic mass is 79.9. The van der Waals surface area contributed by atoms with E-state index in [4.69, 9.17) is 10.00 Å². The first-order chi connectivity index (χ1) is 8.72. The molecule has 0 bridgehead atoms. The molecule has 0 saturated carbocycles. The number of carbonyl (C=O) groups excluding carboxylic acids is 1. The van der Waals surface area contributed by atoms with Gasteiger partial charge in [-0.1, -0.05) is 15.9 Å². The highest BCUT2D eigenvalue weighted by Gasteiger charge is 2.19. The molecule has 1 aromatic carbocycles. The molecule has 0 atom stereocenters. The van der Waals surface area contributed by atoms with Gasteiger partial charge in [0.1, 0.15) is 11.6 Å². The van der Waals surface area contributed by atoms with E-state index in [-0.39, 0.29) is 18.0 Å². The number of benzene rings is 1. The first-order valence-corrected chi connectivity index (χ1v) is 6.27. The zero-order chi connectivity index (χ0) is 13.0. The second kappa shape index (κ2) is 5.80. The lowest BCUT2D eigenvalue weighted by molar-refractivity contribution is 0.102. The molecule has 5 heteroatoms. The molecule has 1 aliphatic heterocycles. The van der Waals surface area contributed by atoms with E-state index in [1.165, 1.54) is 0 Å². The Morgan fingerprint density at radius 3 is 2.67 bits per heavy atom. The van der Waals surface area contributed by atoms with E-state index in [1.54, 1.807) is 24.3 Å². The maximum absolute atomic E-state index is 12.2. The van der Waals surface area contributed by atoms with Crippen LogP contribution in [-0.2, 0) is 4.74 Å². The number of ketones is 1. The zero-order valence-corrected chi connectivity index (χ0v) is 11.2. The molecule has 2 rings (SSSR count). The number of Topliss-reactive ketones (excluding diaryl/α,β-unsaturated/α-hetero) is 1. The number of hydrogen-bond acceptors (Lipinski definition) is 4. The minimum absolute atomic E-state index is 0.122. The van der Waals surface area contributed by atoms with E-state index < -0.39 is 0 Å².